The van der Waals surface area contributed by atoms with Crippen LogP contribution in [0.5, 0.6) is 5.75 Å². The summed E-state index contributed by atoms with van der Waals surface area (Å²) in [4.78, 5) is 12.4. The van der Waals surface area contributed by atoms with E-state index in [1.165, 1.54) is 5.56 Å². The third-order valence-electron chi connectivity index (χ3n) is 6.87. The Morgan fingerprint density at radius 3 is 2.25 bits per heavy atom. The average Bonchev–Trinajstić information content (AvgIpc) is 3.30. The van der Waals surface area contributed by atoms with E-state index in [2.05, 4.69) is 24.3 Å². The van der Waals surface area contributed by atoms with Crippen molar-refractivity contribution in [3.05, 3.63) is 66.2 Å². The number of para-hydroxylation sites is 1. The second-order valence-corrected chi connectivity index (χ2v) is 7.74. The Hall–Kier alpha value is -2.29. The van der Waals surface area contributed by atoms with Crippen molar-refractivity contribution in [1.29, 1.82) is 0 Å². The summed E-state index contributed by atoms with van der Waals surface area (Å²) in [7, 11) is 0. The van der Waals surface area contributed by atoms with Gasteiger partial charge in [0.2, 0.25) is 5.91 Å². The zero-order valence-corrected chi connectivity index (χ0v) is 13.5. The van der Waals surface area contributed by atoms with Gasteiger partial charge in [0, 0.05) is 17.3 Å². The Morgan fingerprint density at radius 1 is 0.958 bits per heavy atom. The molecule has 1 amide bonds. The fourth-order valence-corrected chi connectivity index (χ4v) is 5.98. The molecule has 0 saturated heterocycles. The predicted octanol–water partition coefficient (Wildman–Crippen LogP) is 3.29. The number of rotatable bonds is 4. The second kappa shape index (κ2) is 4.62. The summed E-state index contributed by atoms with van der Waals surface area (Å²) in [5.74, 6) is 1.37. The van der Waals surface area contributed by atoms with E-state index in [0.29, 0.717) is 5.92 Å². The second-order valence-electron chi connectivity index (χ2n) is 7.74. The molecule has 0 spiro atoms. The van der Waals surface area contributed by atoms with Gasteiger partial charge in [-0.05, 0) is 37.0 Å². The van der Waals surface area contributed by atoms with Crippen molar-refractivity contribution in [3.8, 4) is 5.75 Å². The standard InChI is InChI=1S/C21H21NO2/c22-19(23)21-12-16-18(24-15-9-5-2-6-10-15)17(21)11-20(16,13-21)14-7-3-1-4-8-14/h1-10,16-18H,11-13H2,(H2,22,23). The normalized spacial score (nSPS) is 38.6. The van der Waals surface area contributed by atoms with E-state index in [1.54, 1.807) is 0 Å². The van der Waals surface area contributed by atoms with Crippen molar-refractivity contribution in [2.75, 3.05) is 0 Å². The molecule has 4 aliphatic carbocycles. The average molecular weight is 319 g/mol. The monoisotopic (exact) mass is 319 g/mol. The Morgan fingerprint density at radius 2 is 1.62 bits per heavy atom. The first-order valence-electron chi connectivity index (χ1n) is 8.73. The minimum absolute atomic E-state index is 0.0560. The fourth-order valence-electron chi connectivity index (χ4n) is 5.98. The van der Waals surface area contributed by atoms with Crippen molar-refractivity contribution in [1.82, 2.24) is 0 Å². The van der Waals surface area contributed by atoms with Gasteiger partial charge in [-0.3, -0.25) is 4.79 Å². The van der Waals surface area contributed by atoms with E-state index in [9.17, 15) is 4.79 Å². The zero-order valence-electron chi connectivity index (χ0n) is 13.5. The van der Waals surface area contributed by atoms with Gasteiger partial charge in [-0.2, -0.15) is 0 Å². The van der Waals surface area contributed by atoms with E-state index in [0.717, 1.165) is 25.0 Å². The number of nitrogens with two attached hydrogens (primary N) is 1. The molecule has 0 aromatic heterocycles. The molecule has 2 aromatic carbocycles. The van der Waals surface area contributed by atoms with Gasteiger partial charge < -0.3 is 10.5 Å². The van der Waals surface area contributed by atoms with Gasteiger partial charge in [0.15, 0.2) is 0 Å². The van der Waals surface area contributed by atoms with E-state index >= 15 is 0 Å². The number of primary amides is 1. The predicted molar refractivity (Wildman–Crippen MR) is 91.4 cm³/mol. The number of ether oxygens (including phenoxy) is 1. The van der Waals surface area contributed by atoms with Crippen molar-refractivity contribution in [2.24, 2.45) is 23.0 Å². The molecule has 4 bridgehead atoms. The van der Waals surface area contributed by atoms with Gasteiger partial charge in [-0.1, -0.05) is 48.5 Å². The maximum Gasteiger partial charge on any atom is 0.224 e. The third-order valence-corrected chi connectivity index (χ3v) is 6.87. The van der Waals surface area contributed by atoms with Crippen LogP contribution < -0.4 is 10.5 Å². The van der Waals surface area contributed by atoms with Crippen molar-refractivity contribution in [2.45, 2.75) is 30.8 Å². The van der Waals surface area contributed by atoms with Crippen molar-refractivity contribution < 1.29 is 9.53 Å². The van der Waals surface area contributed by atoms with Crippen LogP contribution in [-0.2, 0) is 10.2 Å². The van der Waals surface area contributed by atoms with E-state index < -0.39 is 0 Å². The largest absolute Gasteiger partial charge is 0.490 e. The maximum atomic E-state index is 12.4. The number of hydrogen-bond donors (Lipinski definition) is 1. The molecule has 24 heavy (non-hydrogen) atoms. The summed E-state index contributed by atoms with van der Waals surface area (Å²) in [6.07, 6.45) is 2.87. The summed E-state index contributed by atoms with van der Waals surface area (Å²) in [5.41, 5.74) is 6.91. The summed E-state index contributed by atoms with van der Waals surface area (Å²) < 4.78 is 6.38. The molecule has 0 aliphatic heterocycles. The number of amides is 1. The molecular weight excluding hydrogens is 298 g/mol. The minimum atomic E-state index is -0.375. The van der Waals surface area contributed by atoms with Gasteiger partial charge >= 0.3 is 0 Å². The summed E-state index contributed by atoms with van der Waals surface area (Å²) in [6.45, 7) is 0. The van der Waals surface area contributed by atoms with Crippen LogP contribution in [0.15, 0.2) is 60.7 Å². The summed E-state index contributed by atoms with van der Waals surface area (Å²) in [6, 6.07) is 20.6. The molecule has 4 aliphatic rings. The summed E-state index contributed by atoms with van der Waals surface area (Å²) >= 11 is 0. The Balaban J connectivity index is 1.56. The van der Waals surface area contributed by atoms with Crippen LogP contribution in [0.1, 0.15) is 24.8 Å². The highest BCUT2D eigenvalue weighted by molar-refractivity contribution is 5.84. The first-order valence-corrected chi connectivity index (χ1v) is 8.73. The molecule has 5 atom stereocenters. The van der Waals surface area contributed by atoms with E-state index in [1.807, 2.05) is 36.4 Å². The van der Waals surface area contributed by atoms with Crippen LogP contribution in [0.4, 0.5) is 0 Å². The van der Waals surface area contributed by atoms with Gasteiger partial charge in [0.1, 0.15) is 11.9 Å². The van der Waals surface area contributed by atoms with Crippen LogP contribution >= 0.6 is 0 Å². The topological polar surface area (TPSA) is 52.3 Å². The SMILES string of the molecule is NC(=O)C12CC3C(Oc4ccccc4)C1CC3(c1ccccc1)C2. The van der Waals surface area contributed by atoms with Gasteiger partial charge in [0.25, 0.3) is 0 Å². The highest BCUT2D eigenvalue weighted by Crippen LogP contribution is 2.76. The van der Waals surface area contributed by atoms with Crippen molar-refractivity contribution >= 4 is 5.91 Å². The first-order chi connectivity index (χ1) is 11.7. The molecule has 2 N–H and O–H groups in total. The number of benzene rings is 2. The molecule has 4 saturated carbocycles. The molecule has 6 rings (SSSR count). The smallest absolute Gasteiger partial charge is 0.224 e. The highest BCUT2D eigenvalue weighted by atomic mass is 16.5. The maximum absolute atomic E-state index is 12.4. The Labute approximate surface area is 141 Å². The molecule has 122 valence electrons. The quantitative estimate of drug-likeness (QED) is 0.940. The van der Waals surface area contributed by atoms with Crippen LogP contribution in [0.25, 0.3) is 0 Å². The van der Waals surface area contributed by atoms with Gasteiger partial charge in [-0.25, -0.2) is 0 Å². The molecule has 4 fully saturated rings. The molecule has 3 heteroatoms. The third kappa shape index (κ3) is 1.60. The van der Waals surface area contributed by atoms with Gasteiger partial charge in [0.05, 0.1) is 5.41 Å². The van der Waals surface area contributed by atoms with Crippen molar-refractivity contribution in [3.63, 3.8) is 0 Å². The van der Waals surface area contributed by atoms with Crippen LogP contribution in [0.3, 0.4) is 0 Å². The van der Waals surface area contributed by atoms with Gasteiger partial charge in [-0.15, -0.1) is 0 Å². The van der Waals surface area contributed by atoms with Crippen LogP contribution in [0.2, 0.25) is 0 Å². The van der Waals surface area contributed by atoms with Crippen LogP contribution in [0, 0.1) is 17.3 Å². The molecule has 0 heterocycles. The molecule has 5 unspecified atom stereocenters. The lowest BCUT2D eigenvalue weighted by Crippen LogP contribution is -2.42. The fraction of sp³-hybridized carbons (Fsp3) is 0.381. The highest BCUT2D eigenvalue weighted by Gasteiger charge is 2.78. The van der Waals surface area contributed by atoms with E-state index in [4.69, 9.17) is 10.5 Å². The Kier molecular flexibility index (Phi) is 2.71. The van der Waals surface area contributed by atoms with Crippen LogP contribution in [-0.4, -0.2) is 12.0 Å². The van der Waals surface area contributed by atoms with E-state index in [-0.39, 0.29) is 28.8 Å². The molecule has 0 radical (unpaired) electrons. The minimum Gasteiger partial charge on any atom is -0.490 e. The number of hydrogen-bond acceptors (Lipinski definition) is 2. The lowest BCUT2D eigenvalue weighted by atomic mass is 9.74. The lowest BCUT2D eigenvalue weighted by Gasteiger charge is -2.33. The Bertz CT molecular complexity index is 790. The zero-order chi connectivity index (χ0) is 16.4. The molecular formula is C21H21NO2. The molecule has 2 aromatic rings. The summed E-state index contributed by atoms with van der Waals surface area (Å²) in [5, 5.41) is 0. The number of carbonyl (C=O) groups is 1. The number of carbonyl (C=O) groups excluding carboxylic acids is 1. The lowest BCUT2D eigenvalue weighted by molar-refractivity contribution is -0.129. The first kappa shape index (κ1) is 14.1. The molecule has 3 nitrogen and oxygen atoms in total.